The van der Waals surface area contributed by atoms with Crippen LogP contribution in [-0.4, -0.2) is 30.7 Å². The molecule has 88 valence electrons. The van der Waals surface area contributed by atoms with Crippen LogP contribution in [0.4, 0.5) is 0 Å². The molecule has 0 aliphatic carbocycles. The van der Waals surface area contributed by atoms with Gasteiger partial charge in [0.25, 0.3) is 0 Å². The average Bonchev–Trinajstić information content (AvgIpc) is 2.30. The third-order valence-electron chi connectivity index (χ3n) is 2.05. The van der Waals surface area contributed by atoms with E-state index in [9.17, 15) is 4.79 Å². The maximum absolute atomic E-state index is 11.3. The van der Waals surface area contributed by atoms with Gasteiger partial charge < -0.3 is 15.2 Å². The van der Waals surface area contributed by atoms with E-state index in [-0.39, 0.29) is 0 Å². The lowest BCUT2D eigenvalue weighted by Gasteiger charge is -2.10. The monoisotopic (exact) mass is 224 g/mol. The van der Waals surface area contributed by atoms with Crippen LogP contribution in [0.15, 0.2) is 18.3 Å². The van der Waals surface area contributed by atoms with Gasteiger partial charge in [0, 0.05) is 12.3 Å². The molecule has 0 spiro atoms. The fraction of sp³-hybridized carbons (Fsp3) is 0.455. The zero-order chi connectivity index (χ0) is 12.0. The topological polar surface area (TPSA) is 74.4 Å². The minimum absolute atomic E-state index is 0.341. The van der Waals surface area contributed by atoms with Gasteiger partial charge in [-0.05, 0) is 18.9 Å². The number of ether oxygens (including phenoxy) is 2. The van der Waals surface area contributed by atoms with Crippen molar-refractivity contribution in [1.29, 1.82) is 0 Å². The van der Waals surface area contributed by atoms with Gasteiger partial charge in [-0.2, -0.15) is 0 Å². The molecule has 1 heterocycles. The van der Waals surface area contributed by atoms with Crippen molar-refractivity contribution < 1.29 is 14.3 Å². The Morgan fingerprint density at radius 2 is 2.31 bits per heavy atom. The van der Waals surface area contributed by atoms with E-state index in [4.69, 9.17) is 15.2 Å². The molecule has 5 heteroatoms. The van der Waals surface area contributed by atoms with Crippen molar-refractivity contribution in [3.05, 3.63) is 23.9 Å². The maximum atomic E-state index is 11.3. The SMILES string of the molecule is CCOC(=O)C(N)Cc1ccc(OC)nc1. The van der Waals surface area contributed by atoms with Crippen molar-refractivity contribution in [2.45, 2.75) is 19.4 Å². The molecule has 0 aliphatic rings. The van der Waals surface area contributed by atoms with Crippen LogP contribution in [-0.2, 0) is 16.0 Å². The lowest BCUT2D eigenvalue weighted by molar-refractivity contribution is -0.144. The van der Waals surface area contributed by atoms with E-state index < -0.39 is 12.0 Å². The quantitative estimate of drug-likeness (QED) is 0.738. The number of carbonyl (C=O) groups excluding carboxylic acids is 1. The van der Waals surface area contributed by atoms with E-state index in [1.54, 1.807) is 26.3 Å². The van der Waals surface area contributed by atoms with Crippen molar-refractivity contribution in [2.24, 2.45) is 5.73 Å². The van der Waals surface area contributed by atoms with Crippen LogP contribution in [0.5, 0.6) is 5.88 Å². The molecule has 0 fully saturated rings. The Kier molecular flexibility index (Phi) is 4.72. The molecule has 16 heavy (non-hydrogen) atoms. The lowest BCUT2D eigenvalue weighted by atomic mass is 10.1. The molecule has 5 nitrogen and oxygen atoms in total. The number of nitrogens with two attached hydrogens (primary N) is 1. The van der Waals surface area contributed by atoms with Crippen LogP contribution in [0.25, 0.3) is 0 Å². The molecule has 1 atom stereocenters. The molecular weight excluding hydrogens is 208 g/mol. The third-order valence-corrected chi connectivity index (χ3v) is 2.05. The summed E-state index contributed by atoms with van der Waals surface area (Å²) >= 11 is 0. The minimum atomic E-state index is -0.643. The van der Waals surface area contributed by atoms with Gasteiger partial charge in [0.2, 0.25) is 5.88 Å². The van der Waals surface area contributed by atoms with Gasteiger partial charge in [0.05, 0.1) is 13.7 Å². The van der Waals surface area contributed by atoms with E-state index in [1.807, 2.05) is 6.07 Å². The Balaban J connectivity index is 2.55. The van der Waals surface area contributed by atoms with Crippen molar-refractivity contribution >= 4 is 5.97 Å². The molecule has 0 radical (unpaired) electrons. The van der Waals surface area contributed by atoms with Crippen LogP contribution in [0.1, 0.15) is 12.5 Å². The molecule has 0 aliphatic heterocycles. The number of rotatable bonds is 5. The fourth-order valence-electron chi connectivity index (χ4n) is 1.24. The van der Waals surface area contributed by atoms with Gasteiger partial charge in [-0.25, -0.2) is 4.98 Å². The van der Waals surface area contributed by atoms with Gasteiger partial charge >= 0.3 is 5.97 Å². The van der Waals surface area contributed by atoms with E-state index in [0.717, 1.165) is 5.56 Å². The first-order valence-corrected chi connectivity index (χ1v) is 5.08. The number of hydrogen-bond donors (Lipinski definition) is 1. The number of nitrogens with zero attached hydrogens (tertiary/aromatic N) is 1. The first-order valence-electron chi connectivity index (χ1n) is 5.08. The van der Waals surface area contributed by atoms with Gasteiger partial charge in [-0.3, -0.25) is 4.79 Å². The molecule has 0 aromatic carbocycles. The first-order chi connectivity index (χ1) is 7.67. The van der Waals surface area contributed by atoms with Gasteiger partial charge in [-0.15, -0.1) is 0 Å². The summed E-state index contributed by atoms with van der Waals surface area (Å²) in [5.74, 6) is 0.145. The van der Waals surface area contributed by atoms with Crippen LogP contribution < -0.4 is 10.5 Å². The highest BCUT2D eigenvalue weighted by molar-refractivity contribution is 5.75. The Bertz CT molecular complexity index is 338. The lowest BCUT2D eigenvalue weighted by Crippen LogP contribution is -2.34. The molecule has 0 saturated carbocycles. The molecule has 0 amide bonds. The second kappa shape index (κ2) is 6.07. The van der Waals surface area contributed by atoms with Gasteiger partial charge in [0.1, 0.15) is 6.04 Å². The highest BCUT2D eigenvalue weighted by Crippen LogP contribution is 2.08. The molecule has 1 aromatic rings. The fourth-order valence-corrected chi connectivity index (χ4v) is 1.24. The summed E-state index contributed by atoms with van der Waals surface area (Å²) in [4.78, 5) is 15.3. The van der Waals surface area contributed by atoms with E-state index in [2.05, 4.69) is 4.98 Å². The van der Waals surface area contributed by atoms with Crippen molar-refractivity contribution in [2.75, 3.05) is 13.7 Å². The van der Waals surface area contributed by atoms with Gasteiger partial charge in [0.15, 0.2) is 0 Å². The van der Waals surface area contributed by atoms with Crippen LogP contribution >= 0.6 is 0 Å². The number of methoxy groups -OCH3 is 1. The van der Waals surface area contributed by atoms with Crippen molar-refractivity contribution in [3.63, 3.8) is 0 Å². The van der Waals surface area contributed by atoms with E-state index >= 15 is 0 Å². The predicted octanol–water partition coefficient (Wildman–Crippen LogP) is 0.523. The smallest absolute Gasteiger partial charge is 0.323 e. The number of pyridine rings is 1. The molecule has 1 rings (SSSR count). The molecule has 1 unspecified atom stereocenters. The largest absolute Gasteiger partial charge is 0.481 e. The Labute approximate surface area is 94.6 Å². The number of esters is 1. The van der Waals surface area contributed by atoms with Crippen LogP contribution in [0, 0.1) is 0 Å². The molecule has 1 aromatic heterocycles. The first kappa shape index (κ1) is 12.4. The molecule has 0 saturated heterocycles. The van der Waals surface area contributed by atoms with Gasteiger partial charge in [-0.1, -0.05) is 6.07 Å². The van der Waals surface area contributed by atoms with E-state index in [0.29, 0.717) is 18.9 Å². The van der Waals surface area contributed by atoms with Crippen LogP contribution in [0.2, 0.25) is 0 Å². The van der Waals surface area contributed by atoms with Crippen molar-refractivity contribution in [1.82, 2.24) is 4.98 Å². The normalized spacial score (nSPS) is 11.9. The summed E-state index contributed by atoms with van der Waals surface area (Å²) in [6.45, 7) is 2.09. The molecule has 2 N–H and O–H groups in total. The maximum Gasteiger partial charge on any atom is 0.323 e. The Morgan fingerprint density at radius 1 is 1.56 bits per heavy atom. The zero-order valence-electron chi connectivity index (χ0n) is 9.47. The predicted molar refractivity (Wildman–Crippen MR) is 59.1 cm³/mol. The van der Waals surface area contributed by atoms with E-state index in [1.165, 1.54) is 0 Å². The minimum Gasteiger partial charge on any atom is -0.481 e. The Hall–Kier alpha value is -1.62. The summed E-state index contributed by atoms with van der Waals surface area (Å²) in [5, 5.41) is 0. The Morgan fingerprint density at radius 3 is 2.81 bits per heavy atom. The number of carbonyl (C=O) groups is 1. The third kappa shape index (κ3) is 3.51. The van der Waals surface area contributed by atoms with Crippen molar-refractivity contribution in [3.8, 4) is 5.88 Å². The summed E-state index contributed by atoms with van der Waals surface area (Å²) in [7, 11) is 1.55. The molecular formula is C11H16N2O3. The highest BCUT2D eigenvalue weighted by atomic mass is 16.5. The van der Waals surface area contributed by atoms with Crippen LogP contribution in [0.3, 0.4) is 0 Å². The summed E-state index contributed by atoms with van der Waals surface area (Å²) in [6.07, 6.45) is 2.05. The summed E-state index contributed by atoms with van der Waals surface area (Å²) in [5.41, 5.74) is 6.55. The highest BCUT2D eigenvalue weighted by Gasteiger charge is 2.15. The number of hydrogen-bond acceptors (Lipinski definition) is 5. The number of aromatic nitrogens is 1. The zero-order valence-corrected chi connectivity index (χ0v) is 9.47. The summed E-state index contributed by atoms with van der Waals surface area (Å²) < 4.78 is 9.74. The summed E-state index contributed by atoms with van der Waals surface area (Å²) in [6, 6.07) is 2.91. The standard InChI is InChI=1S/C11H16N2O3/c1-3-16-11(14)9(12)6-8-4-5-10(15-2)13-7-8/h4-5,7,9H,3,6,12H2,1-2H3. The average molecular weight is 224 g/mol. The molecule has 0 bridgehead atoms. The second-order valence-corrected chi connectivity index (χ2v) is 3.27. The second-order valence-electron chi connectivity index (χ2n) is 3.27.